The number of aliphatic hydroxyl groups is 1. The van der Waals surface area contributed by atoms with Crippen LogP contribution in [0.4, 0.5) is 13.2 Å². The minimum Gasteiger partial charge on any atom is -0.494 e. The van der Waals surface area contributed by atoms with E-state index < -0.39 is 18.7 Å². The fourth-order valence-electron chi connectivity index (χ4n) is 1.61. The number of hydrogen-bond acceptors (Lipinski definition) is 3. The van der Waals surface area contributed by atoms with Gasteiger partial charge in [-0.05, 0) is 24.1 Å². The Morgan fingerprint density at radius 1 is 1.24 bits per heavy atom. The molecule has 1 atom stereocenters. The average molecular weight is 304 g/mol. The summed E-state index contributed by atoms with van der Waals surface area (Å²) in [5, 5.41) is 9.82. The average Bonchev–Trinajstić information content (AvgIpc) is 2.43. The Hall–Kier alpha value is -1.53. The number of rotatable bonds is 9. The van der Waals surface area contributed by atoms with Gasteiger partial charge in [0, 0.05) is 6.42 Å². The first-order valence-electron chi connectivity index (χ1n) is 6.58. The summed E-state index contributed by atoms with van der Waals surface area (Å²) in [7, 11) is 0. The second kappa shape index (κ2) is 8.69. The molecular weight excluding hydrogens is 285 g/mol. The minimum atomic E-state index is -4.15. The Balaban J connectivity index is 2.34. The number of halogens is 3. The summed E-state index contributed by atoms with van der Waals surface area (Å²) in [5.74, 6) is 0.472. The van der Waals surface area contributed by atoms with E-state index in [1.807, 2.05) is 0 Å². The highest BCUT2D eigenvalue weighted by Gasteiger charge is 2.26. The van der Waals surface area contributed by atoms with Gasteiger partial charge in [-0.3, -0.25) is 0 Å². The highest BCUT2D eigenvalue weighted by atomic mass is 19.4. The van der Waals surface area contributed by atoms with Gasteiger partial charge in [0.15, 0.2) is 0 Å². The second-order valence-electron chi connectivity index (χ2n) is 4.48. The molecule has 0 saturated carbocycles. The van der Waals surface area contributed by atoms with Crippen LogP contribution in [-0.4, -0.2) is 31.1 Å². The van der Waals surface area contributed by atoms with Crippen molar-refractivity contribution >= 4 is 0 Å². The van der Waals surface area contributed by atoms with Crippen molar-refractivity contribution < 1.29 is 27.8 Å². The minimum absolute atomic E-state index is 0.00383. The smallest absolute Gasteiger partial charge is 0.389 e. The van der Waals surface area contributed by atoms with E-state index in [0.717, 1.165) is 0 Å². The van der Waals surface area contributed by atoms with Crippen molar-refractivity contribution in [3.05, 3.63) is 42.5 Å². The fraction of sp³-hybridized carbons (Fsp3) is 0.467. The molecule has 1 N–H and O–H groups in total. The number of benzene rings is 1. The Bertz CT molecular complexity index is 415. The largest absolute Gasteiger partial charge is 0.494 e. The van der Waals surface area contributed by atoms with E-state index in [1.165, 1.54) is 0 Å². The first-order valence-corrected chi connectivity index (χ1v) is 6.58. The van der Waals surface area contributed by atoms with Crippen LogP contribution in [0.5, 0.6) is 5.75 Å². The van der Waals surface area contributed by atoms with Crippen molar-refractivity contribution in [2.75, 3.05) is 19.8 Å². The van der Waals surface area contributed by atoms with Gasteiger partial charge in [-0.2, -0.15) is 13.2 Å². The van der Waals surface area contributed by atoms with E-state index in [0.29, 0.717) is 17.9 Å². The molecule has 6 heteroatoms. The predicted molar refractivity (Wildman–Crippen MR) is 73.2 cm³/mol. The molecule has 0 bridgehead atoms. The summed E-state index contributed by atoms with van der Waals surface area (Å²) in [6, 6.07) is 6.53. The van der Waals surface area contributed by atoms with Gasteiger partial charge in [-0.1, -0.05) is 18.2 Å². The molecule has 0 saturated heterocycles. The van der Waals surface area contributed by atoms with Crippen molar-refractivity contribution in [2.24, 2.45) is 0 Å². The van der Waals surface area contributed by atoms with E-state index in [1.54, 1.807) is 30.3 Å². The number of ether oxygens (including phenoxy) is 2. The first-order chi connectivity index (χ1) is 9.92. The van der Waals surface area contributed by atoms with Crippen molar-refractivity contribution in [2.45, 2.75) is 25.1 Å². The van der Waals surface area contributed by atoms with Crippen molar-refractivity contribution in [3.8, 4) is 5.75 Å². The monoisotopic (exact) mass is 304 g/mol. The van der Waals surface area contributed by atoms with E-state index in [4.69, 9.17) is 9.47 Å². The Labute approximate surface area is 122 Å². The summed E-state index contributed by atoms with van der Waals surface area (Å²) in [4.78, 5) is 0. The Kier molecular flexibility index (Phi) is 7.25. The van der Waals surface area contributed by atoms with Crippen LogP contribution >= 0.6 is 0 Å². The Morgan fingerprint density at radius 2 is 1.90 bits per heavy atom. The highest BCUT2D eigenvalue weighted by molar-refractivity contribution is 5.28. The molecule has 1 rings (SSSR count). The molecule has 0 aliphatic rings. The van der Waals surface area contributed by atoms with Gasteiger partial charge in [0.2, 0.25) is 0 Å². The summed E-state index contributed by atoms with van der Waals surface area (Å²) in [6.07, 6.45) is -4.26. The first kappa shape index (κ1) is 17.5. The van der Waals surface area contributed by atoms with Gasteiger partial charge in [-0.15, -0.1) is 6.58 Å². The lowest BCUT2D eigenvalue weighted by Crippen LogP contribution is -2.10. The van der Waals surface area contributed by atoms with Crippen LogP contribution in [0.15, 0.2) is 36.9 Å². The maximum absolute atomic E-state index is 11.9. The molecule has 0 aliphatic carbocycles. The van der Waals surface area contributed by atoms with Crippen LogP contribution in [0.2, 0.25) is 0 Å². The van der Waals surface area contributed by atoms with Gasteiger partial charge >= 0.3 is 6.18 Å². The molecule has 1 unspecified atom stereocenters. The zero-order valence-corrected chi connectivity index (χ0v) is 11.6. The molecule has 0 spiro atoms. The predicted octanol–water partition coefficient (Wildman–Crippen LogP) is 3.64. The Morgan fingerprint density at radius 3 is 2.48 bits per heavy atom. The lowest BCUT2D eigenvalue weighted by molar-refractivity contribution is -0.136. The maximum Gasteiger partial charge on any atom is 0.389 e. The molecule has 118 valence electrons. The topological polar surface area (TPSA) is 38.7 Å². The summed E-state index contributed by atoms with van der Waals surface area (Å²) < 4.78 is 46.2. The van der Waals surface area contributed by atoms with Crippen molar-refractivity contribution in [1.82, 2.24) is 0 Å². The van der Waals surface area contributed by atoms with Crippen LogP contribution in [0.25, 0.3) is 0 Å². The number of hydrogen-bond donors (Lipinski definition) is 1. The molecule has 3 nitrogen and oxygen atoms in total. The molecule has 1 aromatic rings. The summed E-state index contributed by atoms with van der Waals surface area (Å²) in [6.45, 7) is 4.01. The molecule has 0 radical (unpaired) electrons. The quantitative estimate of drug-likeness (QED) is 0.559. The maximum atomic E-state index is 11.9. The van der Waals surface area contributed by atoms with Crippen LogP contribution in [-0.2, 0) is 4.74 Å². The van der Waals surface area contributed by atoms with Gasteiger partial charge in [0.1, 0.15) is 11.9 Å². The van der Waals surface area contributed by atoms with Crippen molar-refractivity contribution in [1.29, 1.82) is 0 Å². The third kappa shape index (κ3) is 7.72. The van der Waals surface area contributed by atoms with Gasteiger partial charge < -0.3 is 14.6 Å². The van der Waals surface area contributed by atoms with Crippen LogP contribution in [0.1, 0.15) is 24.5 Å². The standard InChI is InChI=1S/C15H19F3O3/c1-2-9-20-11-14(19)12-4-6-13(7-5-12)21-10-3-8-15(16,17)18/h2,4-7,14,19H,1,3,8-11H2. The van der Waals surface area contributed by atoms with Gasteiger partial charge in [-0.25, -0.2) is 0 Å². The van der Waals surface area contributed by atoms with Crippen LogP contribution in [0, 0.1) is 0 Å². The zero-order chi connectivity index (χ0) is 15.7. The van der Waals surface area contributed by atoms with Gasteiger partial charge in [0.05, 0.1) is 19.8 Å². The molecule has 0 aliphatic heterocycles. The zero-order valence-electron chi connectivity index (χ0n) is 11.6. The molecule has 1 aromatic carbocycles. The third-order valence-corrected chi connectivity index (χ3v) is 2.65. The molecule has 0 heterocycles. The van der Waals surface area contributed by atoms with Crippen LogP contribution in [0.3, 0.4) is 0 Å². The summed E-state index contributed by atoms with van der Waals surface area (Å²) >= 11 is 0. The van der Waals surface area contributed by atoms with E-state index in [9.17, 15) is 18.3 Å². The third-order valence-electron chi connectivity index (χ3n) is 2.65. The number of aliphatic hydroxyl groups excluding tert-OH is 1. The van der Waals surface area contributed by atoms with Crippen LogP contribution < -0.4 is 4.74 Å². The van der Waals surface area contributed by atoms with E-state index in [2.05, 4.69) is 6.58 Å². The fourth-order valence-corrected chi connectivity index (χ4v) is 1.61. The number of alkyl halides is 3. The lowest BCUT2D eigenvalue weighted by Gasteiger charge is -2.12. The normalized spacial score (nSPS) is 13.0. The molecule has 0 aromatic heterocycles. The van der Waals surface area contributed by atoms with E-state index in [-0.39, 0.29) is 19.6 Å². The second-order valence-corrected chi connectivity index (χ2v) is 4.48. The summed E-state index contributed by atoms with van der Waals surface area (Å²) in [5.41, 5.74) is 0.654. The SMILES string of the molecule is C=CCOCC(O)c1ccc(OCCCC(F)(F)F)cc1. The van der Waals surface area contributed by atoms with E-state index >= 15 is 0 Å². The lowest BCUT2D eigenvalue weighted by atomic mass is 10.1. The highest BCUT2D eigenvalue weighted by Crippen LogP contribution is 2.22. The molecule has 21 heavy (non-hydrogen) atoms. The molecular formula is C15H19F3O3. The van der Waals surface area contributed by atoms with Gasteiger partial charge in [0.25, 0.3) is 0 Å². The van der Waals surface area contributed by atoms with Crippen molar-refractivity contribution in [3.63, 3.8) is 0 Å². The molecule has 0 amide bonds. The molecule has 0 fully saturated rings.